The van der Waals surface area contributed by atoms with Crippen LogP contribution in [0.4, 0.5) is 28.0 Å². The molecule has 3 aromatic carbocycles. The van der Waals surface area contributed by atoms with E-state index < -0.39 is 58.6 Å². The summed E-state index contributed by atoms with van der Waals surface area (Å²) in [5, 5.41) is 6.19. The fourth-order valence-corrected chi connectivity index (χ4v) is 5.92. The van der Waals surface area contributed by atoms with Crippen LogP contribution in [0.3, 0.4) is 0 Å². The second-order valence-electron chi connectivity index (χ2n) is 11.2. The third kappa shape index (κ3) is 10.6. The largest absolute Gasteiger partial charge is 0.428 e. The normalized spacial score (nSPS) is 17.5. The average Bonchev–Trinajstić information content (AvgIpc) is 2.99. The van der Waals surface area contributed by atoms with Gasteiger partial charge in [-0.2, -0.15) is 13.2 Å². The standard InChI is InChI=1S/C32H34ClF4N3O6S/c1-40(19-32(35,36)37)31(42)46-30-18-45-23(17-38-30)13-14-25-27(34)7-4-8-28(25)39-29(41)16-26(20-9-11-22(33)12-10-20)21-5-3-6-24(15-21)47(2,43)44/h3-12,15,23,26,30,38H,13-14,16-19H2,1-2H3,(H,39,41)/t23-,26+,30+/m1/s1. The molecule has 3 atom stereocenters. The highest BCUT2D eigenvalue weighted by Crippen LogP contribution is 2.32. The fourth-order valence-electron chi connectivity index (χ4n) is 5.12. The van der Waals surface area contributed by atoms with Crippen LogP contribution in [-0.2, 0) is 30.5 Å². The first-order chi connectivity index (χ1) is 22.1. The van der Waals surface area contributed by atoms with Crippen molar-refractivity contribution in [3.05, 3.63) is 94.3 Å². The first-order valence-corrected chi connectivity index (χ1v) is 16.8. The van der Waals surface area contributed by atoms with Gasteiger partial charge >= 0.3 is 12.3 Å². The molecule has 4 rings (SSSR count). The van der Waals surface area contributed by atoms with Gasteiger partial charge in [0.2, 0.25) is 5.91 Å². The van der Waals surface area contributed by atoms with Gasteiger partial charge < -0.3 is 19.7 Å². The molecule has 0 saturated carbocycles. The van der Waals surface area contributed by atoms with E-state index in [4.69, 9.17) is 21.1 Å². The van der Waals surface area contributed by atoms with E-state index >= 15 is 4.39 Å². The first kappa shape index (κ1) is 36.1. The van der Waals surface area contributed by atoms with Gasteiger partial charge in [0.15, 0.2) is 16.1 Å². The molecule has 1 fully saturated rings. The van der Waals surface area contributed by atoms with Crippen molar-refractivity contribution in [1.82, 2.24) is 10.2 Å². The molecule has 254 valence electrons. The molecule has 1 aliphatic heterocycles. The van der Waals surface area contributed by atoms with Crippen LogP contribution in [0.15, 0.2) is 71.6 Å². The summed E-state index contributed by atoms with van der Waals surface area (Å²) in [6, 6.07) is 17.5. The van der Waals surface area contributed by atoms with Crippen molar-refractivity contribution >= 4 is 39.1 Å². The number of alkyl halides is 3. The summed E-state index contributed by atoms with van der Waals surface area (Å²) in [4.78, 5) is 25.9. The highest BCUT2D eigenvalue weighted by Gasteiger charge is 2.33. The molecule has 0 bridgehead atoms. The lowest BCUT2D eigenvalue weighted by atomic mass is 9.88. The zero-order valence-electron chi connectivity index (χ0n) is 25.5. The van der Waals surface area contributed by atoms with E-state index in [9.17, 15) is 31.2 Å². The summed E-state index contributed by atoms with van der Waals surface area (Å²) in [6.45, 7) is -1.39. The molecular weight excluding hydrogens is 666 g/mol. The van der Waals surface area contributed by atoms with Crippen molar-refractivity contribution in [3.63, 3.8) is 0 Å². The van der Waals surface area contributed by atoms with Crippen molar-refractivity contribution in [3.8, 4) is 0 Å². The molecule has 0 aliphatic carbocycles. The molecule has 9 nitrogen and oxygen atoms in total. The van der Waals surface area contributed by atoms with Crippen LogP contribution >= 0.6 is 11.6 Å². The van der Waals surface area contributed by atoms with E-state index in [-0.39, 0.29) is 42.1 Å². The summed E-state index contributed by atoms with van der Waals surface area (Å²) in [5.74, 6) is -1.51. The van der Waals surface area contributed by atoms with Gasteiger partial charge in [0.1, 0.15) is 12.4 Å². The number of carbonyl (C=O) groups is 2. The van der Waals surface area contributed by atoms with E-state index in [0.717, 1.165) is 18.9 Å². The summed E-state index contributed by atoms with van der Waals surface area (Å²) >= 11 is 6.07. The Labute approximate surface area is 275 Å². The van der Waals surface area contributed by atoms with E-state index in [0.29, 0.717) is 21.9 Å². The van der Waals surface area contributed by atoms with Gasteiger partial charge in [0.25, 0.3) is 0 Å². The summed E-state index contributed by atoms with van der Waals surface area (Å²) in [5.41, 5.74) is 1.84. The van der Waals surface area contributed by atoms with Crippen LogP contribution in [0.2, 0.25) is 5.02 Å². The van der Waals surface area contributed by atoms with Crippen molar-refractivity contribution < 1.29 is 45.0 Å². The number of rotatable bonds is 11. The number of nitrogens with one attached hydrogen (secondary N) is 2. The molecule has 1 aliphatic rings. The third-order valence-corrected chi connectivity index (χ3v) is 8.85. The minimum atomic E-state index is -4.56. The fraction of sp³-hybridized carbons (Fsp3) is 0.375. The number of morpholine rings is 1. The maximum absolute atomic E-state index is 15.0. The van der Waals surface area contributed by atoms with Crippen molar-refractivity contribution in [2.45, 2.75) is 48.6 Å². The lowest BCUT2D eigenvalue weighted by Gasteiger charge is -2.31. The predicted octanol–water partition coefficient (Wildman–Crippen LogP) is 5.92. The number of ether oxygens (including phenoxy) is 2. The van der Waals surface area contributed by atoms with Gasteiger partial charge in [-0.05, 0) is 60.4 Å². The molecule has 0 spiro atoms. The van der Waals surface area contributed by atoms with Crippen LogP contribution in [0.5, 0.6) is 0 Å². The van der Waals surface area contributed by atoms with Gasteiger partial charge in [-0.1, -0.05) is 41.9 Å². The van der Waals surface area contributed by atoms with Crippen LogP contribution in [0, 0.1) is 5.82 Å². The smallest absolute Gasteiger partial charge is 0.411 e. The number of benzene rings is 3. The monoisotopic (exact) mass is 699 g/mol. The van der Waals surface area contributed by atoms with Crippen molar-refractivity contribution in [2.75, 3.05) is 38.3 Å². The molecule has 47 heavy (non-hydrogen) atoms. The Hall–Kier alpha value is -3.72. The number of hydrogen-bond donors (Lipinski definition) is 2. The number of sulfone groups is 1. The van der Waals surface area contributed by atoms with Crippen LogP contribution < -0.4 is 10.6 Å². The SMILES string of the molecule is CN(CC(F)(F)F)C(=O)O[C@H]1CO[C@H](CCc2c(F)cccc2NC(=O)C[C@@H](c2ccc(Cl)cc2)c2cccc(S(C)(=O)=O)c2)CN1. The Morgan fingerprint density at radius 3 is 2.45 bits per heavy atom. The third-order valence-electron chi connectivity index (χ3n) is 7.49. The first-order valence-electron chi connectivity index (χ1n) is 14.6. The molecule has 2 N–H and O–H groups in total. The average molecular weight is 700 g/mol. The van der Waals surface area contributed by atoms with Crippen molar-refractivity contribution in [2.24, 2.45) is 0 Å². The lowest BCUT2D eigenvalue weighted by Crippen LogP contribution is -2.50. The van der Waals surface area contributed by atoms with Gasteiger partial charge in [0.05, 0.1) is 17.6 Å². The van der Waals surface area contributed by atoms with Crippen molar-refractivity contribution in [1.29, 1.82) is 0 Å². The number of anilines is 1. The lowest BCUT2D eigenvalue weighted by molar-refractivity contribution is -0.143. The Morgan fingerprint density at radius 2 is 1.81 bits per heavy atom. The predicted molar refractivity (Wildman–Crippen MR) is 168 cm³/mol. The molecule has 0 aromatic heterocycles. The Morgan fingerprint density at radius 1 is 1.11 bits per heavy atom. The second kappa shape index (κ2) is 15.5. The van der Waals surface area contributed by atoms with E-state index in [2.05, 4.69) is 10.6 Å². The minimum absolute atomic E-state index is 0.0846. The molecule has 2 amide bonds. The molecular formula is C32H34ClF4N3O6S. The number of amides is 2. The maximum atomic E-state index is 15.0. The summed E-state index contributed by atoms with van der Waals surface area (Å²) < 4.78 is 87.8. The summed E-state index contributed by atoms with van der Waals surface area (Å²) in [7, 11) is -2.53. The molecule has 0 radical (unpaired) electrons. The number of halogens is 5. The summed E-state index contributed by atoms with van der Waals surface area (Å²) in [6.07, 6.45) is -5.60. The number of carbonyl (C=O) groups excluding carboxylic acids is 2. The van der Waals surface area contributed by atoms with E-state index in [1.807, 2.05) is 0 Å². The molecule has 15 heteroatoms. The zero-order valence-corrected chi connectivity index (χ0v) is 27.1. The Bertz CT molecular complexity index is 1670. The topological polar surface area (TPSA) is 114 Å². The second-order valence-corrected chi connectivity index (χ2v) is 13.7. The van der Waals surface area contributed by atoms with Gasteiger partial charge in [0, 0.05) is 48.5 Å². The van der Waals surface area contributed by atoms with E-state index in [1.54, 1.807) is 42.5 Å². The van der Waals surface area contributed by atoms with Gasteiger partial charge in [-0.25, -0.2) is 17.6 Å². The highest BCUT2D eigenvalue weighted by molar-refractivity contribution is 7.90. The quantitative estimate of drug-likeness (QED) is 0.239. The minimum Gasteiger partial charge on any atom is -0.428 e. The highest BCUT2D eigenvalue weighted by atomic mass is 35.5. The van der Waals surface area contributed by atoms with Gasteiger partial charge in [-0.15, -0.1) is 0 Å². The number of hydrogen-bond acceptors (Lipinski definition) is 7. The van der Waals surface area contributed by atoms with Gasteiger partial charge in [-0.3, -0.25) is 10.1 Å². The van der Waals surface area contributed by atoms with Crippen LogP contribution in [0.25, 0.3) is 0 Å². The zero-order chi connectivity index (χ0) is 34.4. The molecule has 3 aromatic rings. The molecule has 0 unspecified atom stereocenters. The molecule has 1 saturated heterocycles. The van der Waals surface area contributed by atoms with E-state index in [1.165, 1.54) is 24.3 Å². The Balaban J connectivity index is 1.40. The van der Waals surface area contributed by atoms with Crippen LogP contribution in [-0.4, -0.2) is 76.8 Å². The maximum Gasteiger partial charge on any atom is 0.411 e. The molecule has 1 heterocycles. The van der Waals surface area contributed by atoms with Crippen LogP contribution in [0.1, 0.15) is 35.4 Å². The number of nitrogens with zero attached hydrogens (tertiary/aromatic N) is 1. The Kier molecular flexibility index (Phi) is 11.9.